The van der Waals surface area contributed by atoms with Crippen molar-refractivity contribution in [2.24, 2.45) is 0 Å². The minimum atomic E-state index is -3.34. The van der Waals surface area contributed by atoms with Gasteiger partial charge in [0, 0.05) is 25.5 Å². The van der Waals surface area contributed by atoms with Crippen molar-refractivity contribution >= 4 is 32.2 Å². The van der Waals surface area contributed by atoms with Gasteiger partial charge in [0.1, 0.15) is 9.90 Å². The van der Waals surface area contributed by atoms with Crippen molar-refractivity contribution in [2.75, 3.05) is 30.5 Å². The zero-order valence-corrected chi connectivity index (χ0v) is 11.1. The maximum absolute atomic E-state index is 11.6. The number of nitrogens with zero attached hydrogens (tertiary/aromatic N) is 1. The van der Waals surface area contributed by atoms with E-state index in [1.165, 1.54) is 0 Å². The van der Waals surface area contributed by atoms with E-state index >= 15 is 0 Å². The maximum Gasteiger partial charge on any atom is 0.182 e. The van der Waals surface area contributed by atoms with Gasteiger partial charge in [-0.3, -0.25) is 0 Å². The van der Waals surface area contributed by atoms with Crippen molar-refractivity contribution in [1.82, 2.24) is 4.37 Å². The highest BCUT2D eigenvalue weighted by Gasteiger charge is 2.23. The number of nitrogens with two attached hydrogens (primary N) is 1. The average Bonchev–Trinajstić information content (AvgIpc) is 2.60. The third-order valence-electron chi connectivity index (χ3n) is 2.60. The molecule has 1 aromatic heterocycles. The predicted molar refractivity (Wildman–Crippen MR) is 67.1 cm³/mol. The fourth-order valence-electron chi connectivity index (χ4n) is 1.77. The van der Waals surface area contributed by atoms with Gasteiger partial charge >= 0.3 is 0 Å². The van der Waals surface area contributed by atoms with E-state index in [1.807, 2.05) is 0 Å². The number of hydrogen-bond acceptors (Lipinski definition) is 7. The lowest BCUT2D eigenvalue weighted by molar-refractivity contribution is 0.0905. The monoisotopic (exact) mass is 277 g/mol. The molecule has 6 nitrogen and oxygen atoms in total. The first kappa shape index (κ1) is 12.6. The first-order valence-electron chi connectivity index (χ1n) is 5.28. The van der Waals surface area contributed by atoms with E-state index < -0.39 is 9.84 Å². The molecule has 1 saturated heterocycles. The van der Waals surface area contributed by atoms with Crippen LogP contribution in [0.4, 0.5) is 10.8 Å². The van der Waals surface area contributed by atoms with E-state index in [-0.39, 0.29) is 16.8 Å². The number of nitrogen functional groups attached to an aromatic ring is 1. The van der Waals surface area contributed by atoms with Crippen molar-refractivity contribution < 1.29 is 13.2 Å². The Morgan fingerprint density at radius 2 is 2.12 bits per heavy atom. The van der Waals surface area contributed by atoms with Crippen molar-refractivity contribution in [3.8, 4) is 0 Å². The van der Waals surface area contributed by atoms with Gasteiger partial charge in [0.05, 0.1) is 0 Å². The van der Waals surface area contributed by atoms with Crippen LogP contribution in [0, 0.1) is 0 Å². The van der Waals surface area contributed by atoms with Crippen LogP contribution in [0.1, 0.15) is 12.8 Å². The van der Waals surface area contributed by atoms with Gasteiger partial charge in [-0.2, -0.15) is 4.37 Å². The SMILES string of the molecule is CS(=O)(=O)c1c(N)nsc1NC1CCOCC1. The summed E-state index contributed by atoms with van der Waals surface area (Å²) in [6, 6.07) is 0.226. The van der Waals surface area contributed by atoms with E-state index in [0.717, 1.165) is 30.6 Å². The van der Waals surface area contributed by atoms with E-state index in [9.17, 15) is 8.42 Å². The number of ether oxygens (including phenoxy) is 1. The Labute approximate surface area is 104 Å². The topological polar surface area (TPSA) is 94.3 Å². The second-order valence-electron chi connectivity index (χ2n) is 4.03. The van der Waals surface area contributed by atoms with Crippen LogP contribution in [0.5, 0.6) is 0 Å². The third-order valence-corrected chi connectivity index (χ3v) is 4.68. The molecule has 0 atom stereocenters. The Bertz CT molecular complexity index is 492. The molecule has 2 rings (SSSR count). The van der Waals surface area contributed by atoms with Crippen molar-refractivity contribution in [3.63, 3.8) is 0 Å². The zero-order chi connectivity index (χ0) is 12.5. The largest absolute Gasteiger partial charge is 0.382 e. The molecule has 0 saturated carbocycles. The summed E-state index contributed by atoms with van der Waals surface area (Å²) in [5, 5.41) is 3.73. The summed E-state index contributed by atoms with van der Waals surface area (Å²) in [4.78, 5) is 0.119. The Morgan fingerprint density at radius 3 is 2.71 bits per heavy atom. The van der Waals surface area contributed by atoms with Crippen LogP contribution in [-0.4, -0.2) is 38.3 Å². The van der Waals surface area contributed by atoms with Crippen molar-refractivity contribution in [1.29, 1.82) is 0 Å². The molecule has 96 valence electrons. The van der Waals surface area contributed by atoms with Crippen LogP contribution in [-0.2, 0) is 14.6 Å². The Kier molecular flexibility index (Phi) is 3.55. The van der Waals surface area contributed by atoms with Gasteiger partial charge in [0.25, 0.3) is 0 Å². The van der Waals surface area contributed by atoms with Gasteiger partial charge < -0.3 is 15.8 Å². The first-order chi connectivity index (χ1) is 7.98. The summed E-state index contributed by atoms with van der Waals surface area (Å²) in [5.41, 5.74) is 5.59. The highest BCUT2D eigenvalue weighted by atomic mass is 32.2. The molecule has 0 amide bonds. The van der Waals surface area contributed by atoms with Gasteiger partial charge in [-0.25, -0.2) is 8.42 Å². The standard InChI is InChI=1S/C9H15N3O3S2/c1-17(13,14)7-8(10)12-16-9(7)11-6-2-4-15-5-3-6/h6,11H,2-5H2,1H3,(H2,10,12). The summed E-state index contributed by atoms with van der Waals surface area (Å²) in [6.45, 7) is 1.39. The molecule has 0 bridgehead atoms. The molecular weight excluding hydrogens is 262 g/mol. The van der Waals surface area contributed by atoms with Crippen LogP contribution in [0.2, 0.25) is 0 Å². The number of sulfone groups is 1. The van der Waals surface area contributed by atoms with Gasteiger partial charge in [0.2, 0.25) is 0 Å². The van der Waals surface area contributed by atoms with Gasteiger partial charge in [-0.05, 0) is 24.4 Å². The quantitative estimate of drug-likeness (QED) is 0.845. The van der Waals surface area contributed by atoms with E-state index in [0.29, 0.717) is 18.2 Å². The highest BCUT2D eigenvalue weighted by molar-refractivity contribution is 7.91. The maximum atomic E-state index is 11.6. The molecule has 17 heavy (non-hydrogen) atoms. The predicted octanol–water partition coefficient (Wildman–Crippen LogP) is 0.720. The molecule has 2 heterocycles. The van der Waals surface area contributed by atoms with Crippen LogP contribution in [0.25, 0.3) is 0 Å². The molecule has 3 N–H and O–H groups in total. The second kappa shape index (κ2) is 4.79. The normalized spacial score (nSPS) is 18.2. The Morgan fingerprint density at radius 1 is 1.47 bits per heavy atom. The van der Waals surface area contributed by atoms with Crippen LogP contribution in [0.3, 0.4) is 0 Å². The van der Waals surface area contributed by atoms with E-state index in [4.69, 9.17) is 10.5 Å². The molecule has 8 heteroatoms. The van der Waals surface area contributed by atoms with Crippen LogP contribution >= 0.6 is 11.5 Å². The second-order valence-corrected chi connectivity index (χ2v) is 6.76. The van der Waals surface area contributed by atoms with E-state index in [1.54, 1.807) is 0 Å². The molecule has 1 aliphatic heterocycles. The minimum absolute atomic E-state index is 0.0760. The lowest BCUT2D eigenvalue weighted by Gasteiger charge is -2.23. The Balaban J connectivity index is 2.21. The molecule has 0 unspecified atom stereocenters. The Hall–Kier alpha value is -0.860. The molecular formula is C9H15N3O3S2. The van der Waals surface area contributed by atoms with E-state index in [2.05, 4.69) is 9.69 Å². The third kappa shape index (κ3) is 2.88. The number of aromatic nitrogens is 1. The zero-order valence-electron chi connectivity index (χ0n) is 9.47. The summed E-state index contributed by atoms with van der Waals surface area (Å²) in [7, 11) is -3.34. The fourth-order valence-corrected chi connectivity index (χ4v) is 3.90. The summed E-state index contributed by atoms with van der Waals surface area (Å²) in [5.74, 6) is 0.0760. The summed E-state index contributed by atoms with van der Waals surface area (Å²) in [6.07, 6.45) is 2.87. The molecule has 1 aliphatic rings. The number of nitrogens with one attached hydrogen (secondary N) is 1. The minimum Gasteiger partial charge on any atom is -0.382 e. The number of anilines is 2. The van der Waals surface area contributed by atoms with Gasteiger partial charge in [-0.15, -0.1) is 0 Å². The highest BCUT2D eigenvalue weighted by Crippen LogP contribution is 2.32. The number of rotatable bonds is 3. The summed E-state index contributed by atoms with van der Waals surface area (Å²) < 4.78 is 32.3. The first-order valence-corrected chi connectivity index (χ1v) is 7.94. The smallest absolute Gasteiger partial charge is 0.182 e. The lowest BCUT2D eigenvalue weighted by atomic mass is 10.1. The number of hydrogen-bond donors (Lipinski definition) is 2. The summed E-state index contributed by atoms with van der Waals surface area (Å²) >= 11 is 1.09. The van der Waals surface area contributed by atoms with Crippen molar-refractivity contribution in [3.05, 3.63) is 0 Å². The molecule has 0 radical (unpaired) electrons. The van der Waals surface area contributed by atoms with Gasteiger partial charge in [0.15, 0.2) is 15.7 Å². The molecule has 0 aliphatic carbocycles. The van der Waals surface area contributed by atoms with Crippen molar-refractivity contribution in [2.45, 2.75) is 23.8 Å². The lowest BCUT2D eigenvalue weighted by Crippen LogP contribution is -2.28. The van der Waals surface area contributed by atoms with Crippen LogP contribution < -0.4 is 11.1 Å². The fraction of sp³-hybridized carbons (Fsp3) is 0.667. The van der Waals surface area contributed by atoms with Gasteiger partial charge in [-0.1, -0.05) is 0 Å². The van der Waals surface area contributed by atoms with Crippen LogP contribution in [0.15, 0.2) is 4.90 Å². The molecule has 1 aromatic rings. The molecule has 0 aromatic carbocycles. The molecule has 0 spiro atoms. The average molecular weight is 277 g/mol. The molecule has 1 fully saturated rings.